The first kappa shape index (κ1) is 11.9. The van der Waals surface area contributed by atoms with Crippen LogP contribution in [0.4, 0.5) is 5.69 Å². The minimum absolute atomic E-state index is 0.731. The zero-order valence-corrected chi connectivity index (χ0v) is 11.3. The van der Waals surface area contributed by atoms with Gasteiger partial charge in [0.1, 0.15) is 0 Å². The summed E-state index contributed by atoms with van der Waals surface area (Å²) >= 11 is 3.51. The summed E-state index contributed by atoms with van der Waals surface area (Å²) in [6.07, 6.45) is 3.92. The van der Waals surface area contributed by atoms with Crippen LogP contribution in [0.1, 0.15) is 19.3 Å². The molecule has 2 nitrogen and oxygen atoms in total. The van der Waals surface area contributed by atoms with Crippen LogP contribution in [0.15, 0.2) is 28.7 Å². The number of nitrogens with zero attached hydrogens (tertiary/aromatic N) is 1. The average molecular weight is 283 g/mol. The van der Waals surface area contributed by atoms with Crippen LogP contribution in [0.3, 0.4) is 0 Å². The van der Waals surface area contributed by atoms with Crippen LogP contribution in [-0.4, -0.2) is 26.2 Å². The Hall–Kier alpha value is -0.540. The van der Waals surface area contributed by atoms with Gasteiger partial charge >= 0.3 is 0 Å². The lowest BCUT2D eigenvalue weighted by Crippen LogP contribution is -2.28. The third-order valence-electron chi connectivity index (χ3n) is 3.22. The molecule has 0 aliphatic carbocycles. The Kier molecular flexibility index (Phi) is 4.24. The van der Waals surface area contributed by atoms with E-state index in [-0.39, 0.29) is 0 Å². The maximum absolute atomic E-state index is 3.54. The molecule has 0 spiro atoms. The predicted octanol–water partition coefficient (Wildman–Crippen LogP) is 3.03. The Morgan fingerprint density at radius 2 is 2.38 bits per heavy atom. The summed E-state index contributed by atoms with van der Waals surface area (Å²) in [5.41, 5.74) is 1.28. The van der Waals surface area contributed by atoms with Crippen molar-refractivity contribution >= 4 is 21.6 Å². The van der Waals surface area contributed by atoms with Gasteiger partial charge in [0.15, 0.2) is 0 Å². The number of nitrogens with one attached hydrogen (secondary N) is 1. The van der Waals surface area contributed by atoms with Crippen molar-refractivity contribution in [3.63, 3.8) is 0 Å². The van der Waals surface area contributed by atoms with E-state index < -0.39 is 0 Å². The quantitative estimate of drug-likeness (QED) is 0.913. The lowest BCUT2D eigenvalue weighted by Gasteiger charge is -2.21. The monoisotopic (exact) mass is 282 g/mol. The van der Waals surface area contributed by atoms with E-state index in [1.807, 2.05) is 0 Å². The molecule has 0 saturated carbocycles. The molecule has 3 heteroatoms. The number of benzene rings is 1. The second kappa shape index (κ2) is 5.69. The molecule has 1 N–H and O–H groups in total. The fourth-order valence-corrected chi connectivity index (χ4v) is 2.58. The summed E-state index contributed by atoms with van der Waals surface area (Å²) in [5, 5.41) is 3.54. The number of anilines is 1. The van der Waals surface area contributed by atoms with Crippen molar-refractivity contribution in [1.82, 2.24) is 5.32 Å². The fraction of sp³-hybridized carbons (Fsp3) is 0.538. The van der Waals surface area contributed by atoms with Gasteiger partial charge in [-0.3, -0.25) is 0 Å². The van der Waals surface area contributed by atoms with Crippen molar-refractivity contribution in [1.29, 1.82) is 0 Å². The van der Waals surface area contributed by atoms with Crippen LogP contribution in [0.2, 0.25) is 0 Å². The van der Waals surface area contributed by atoms with Gasteiger partial charge < -0.3 is 10.2 Å². The highest BCUT2D eigenvalue weighted by Crippen LogP contribution is 2.19. The molecule has 2 rings (SSSR count). The minimum atomic E-state index is 0.731. The highest BCUT2D eigenvalue weighted by Gasteiger charge is 2.14. The van der Waals surface area contributed by atoms with Crippen LogP contribution in [0.25, 0.3) is 0 Å². The summed E-state index contributed by atoms with van der Waals surface area (Å²) in [7, 11) is 2.16. The number of hydrogen-bond donors (Lipinski definition) is 1. The highest BCUT2D eigenvalue weighted by molar-refractivity contribution is 9.10. The smallest absolute Gasteiger partial charge is 0.0374 e. The molecule has 1 atom stereocenters. The molecule has 1 aromatic carbocycles. The maximum atomic E-state index is 3.54. The van der Waals surface area contributed by atoms with Gasteiger partial charge in [0.2, 0.25) is 0 Å². The van der Waals surface area contributed by atoms with E-state index in [2.05, 4.69) is 57.5 Å². The van der Waals surface area contributed by atoms with E-state index in [4.69, 9.17) is 0 Å². The van der Waals surface area contributed by atoms with Gasteiger partial charge in [-0.15, -0.1) is 0 Å². The van der Waals surface area contributed by atoms with Crippen LogP contribution in [0.5, 0.6) is 0 Å². The third kappa shape index (κ3) is 3.22. The van der Waals surface area contributed by atoms with Crippen molar-refractivity contribution in [2.24, 2.45) is 0 Å². The molecule has 1 aliphatic rings. The van der Waals surface area contributed by atoms with E-state index in [0.29, 0.717) is 0 Å². The summed E-state index contributed by atoms with van der Waals surface area (Å²) < 4.78 is 1.15. The number of hydrogen-bond acceptors (Lipinski definition) is 2. The Morgan fingerprint density at radius 1 is 1.50 bits per heavy atom. The van der Waals surface area contributed by atoms with E-state index >= 15 is 0 Å². The molecular weight excluding hydrogens is 264 g/mol. The molecule has 1 heterocycles. The van der Waals surface area contributed by atoms with Gasteiger partial charge in [-0.2, -0.15) is 0 Å². The van der Waals surface area contributed by atoms with Crippen molar-refractivity contribution < 1.29 is 0 Å². The van der Waals surface area contributed by atoms with Crippen LogP contribution in [-0.2, 0) is 0 Å². The van der Waals surface area contributed by atoms with Gasteiger partial charge in [0.05, 0.1) is 0 Å². The summed E-state index contributed by atoms with van der Waals surface area (Å²) in [4.78, 5) is 2.32. The Balaban J connectivity index is 1.85. The molecule has 0 aromatic heterocycles. The topological polar surface area (TPSA) is 15.3 Å². The first-order chi connectivity index (χ1) is 7.75. The number of rotatable bonds is 4. The van der Waals surface area contributed by atoms with E-state index in [1.54, 1.807) is 0 Å². The molecular formula is C13H19BrN2. The van der Waals surface area contributed by atoms with Crippen molar-refractivity contribution in [3.05, 3.63) is 28.7 Å². The molecule has 0 radical (unpaired) electrons. The van der Waals surface area contributed by atoms with Gasteiger partial charge in [0, 0.05) is 29.8 Å². The third-order valence-corrected chi connectivity index (χ3v) is 3.72. The van der Waals surface area contributed by atoms with Crippen LogP contribution < -0.4 is 10.2 Å². The van der Waals surface area contributed by atoms with E-state index in [9.17, 15) is 0 Å². The van der Waals surface area contributed by atoms with Gasteiger partial charge in [-0.05, 0) is 44.0 Å². The molecule has 0 bridgehead atoms. The van der Waals surface area contributed by atoms with E-state index in [0.717, 1.165) is 17.1 Å². The Labute approximate surface area is 106 Å². The molecule has 88 valence electrons. The Bertz CT molecular complexity index is 334. The van der Waals surface area contributed by atoms with Gasteiger partial charge in [0.25, 0.3) is 0 Å². The average Bonchev–Trinajstić information content (AvgIpc) is 2.78. The predicted molar refractivity (Wildman–Crippen MR) is 73.1 cm³/mol. The minimum Gasteiger partial charge on any atom is -0.375 e. The second-order valence-corrected chi connectivity index (χ2v) is 5.40. The molecule has 16 heavy (non-hydrogen) atoms. The SMILES string of the molecule is CN(CCC1CCCN1)c1cccc(Br)c1. The van der Waals surface area contributed by atoms with Crippen LogP contribution in [0, 0.1) is 0 Å². The normalized spacial score (nSPS) is 20.0. The first-order valence-corrected chi connectivity index (χ1v) is 6.75. The first-order valence-electron chi connectivity index (χ1n) is 5.96. The van der Waals surface area contributed by atoms with Crippen molar-refractivity contribution in [3.8, 4) is 0 Å². The highest BCUT2D eigenvalue weighted by atomic mass is 79.9. The van der Waals surface area contributed by atoms with Gasteiger partial charge in [-0.1, -0.05) is 22.0 Å². The molecule has 1 aliphatic heterocycles. The largest absolute Gasteiger partial charge is 0.375 e. The summed E-state index contributed by atoms with van der Waals surface area (Å²) in [6, 6.07) is 9.21. The Morgan fingerprint density at radius 3 is 3.06 bits per heavy atom. The lowest BCUT2D eigenvalue weighted by atomic mass is 10.1. The molecule has 1 aromatic rings. The molecule has 1 saturated heterocycles. The van der Waals surface area contributed by atoms with Crippen LogP contribution >= 0.6 is 15.9 Å². The zero-order valence-electron chi connectivity index (χ0n) is 9.75. The fourth-order valence-electron chi connectivity index (χ4n) is 2.20. The van der Waals surface area contributed by atoms with Gasteiger partial charge in [-0.25, -0.2) is 0 Å². The second-order valence-electron chi connectivity index (χ2n) is 4.48. The molecule has 0 amide bonds. The van der Waals surface area contributed by atoms with E-state index in [1.165, 1.54) is 31.5 Å². The summed E-state index contributed by atoms with van der Waals surface area (Å²) in [5.74, 6) is 0. The van der Waals surface area contributed by atoms with Crippen molar-refractivity contribution in [2.75, 3.05) is 25.0 Å². The maximum Gasteiger partial charge on any atom is 0.0374 e. The standard InChI is InChI=1S/C13H19BrN2/c1-16(9-7-12-5-3-8-15-12)13-6-2-4-11(14)10-13/h2,4,6,10,12,15H,3,5,7-9H2,1H3. The lowest BCUT2D eigenvalue weighted by molar-refractivity contribution is 0.559. The summed E-state index contributed by atoms with van der Waals surface area (Å²) in [6.45, 7) is 2.32. The number of halogens is 1. The van der Waals surface area contributed by atoms with Crippen molar-refractivity contribution in [2.45, 2.75) is 25.3 Å². The zero-order chi connectivity index (χ0) is 11.4. The molecule has 1 unspecified atom stereocenters. The molecule has 1 fully saturated rings.